The molecule has 0 bridgehead atoms. The van der Waals surface area contributed by atoms with Crippen LogP contribution in [0, 0.1) is 6.92 Å². The second-order valence-electron chi connectivity index (χ2n) is 6.92. The number of aromatic nitrogens is 3. The van der Waals surface area contributed by atoms with E-state index in [1.165, 1.54) is 6.42 Å². The number of guanidine groups is 1. The van der Waals surface area contributed by atoms with Gasteiger partial charge in [-0.05, 0) is 26.2 Å². The van der Waals surface area contributed by atoms with Crippen LogP contribution in [-0.4, -0.2) is 71.6 Å². The number of ether oxygens (including phenoxy) is 1. The topological polar surface area (TPSA) is 79.6 Å². The van der Waals surface area contributed by atoms with E-state index in [0.29, 0.717) is 12.6 Å². The molecule has 0 amide bonds. The molecule has 0 spiro atoms. The molecule has 2 rings (SSSR count). The third-order valence-electron chi connectivity index (χ3n) is 4.92. The Kier molecular flexibility index (Phi) is 8.84. The van der Waals surface area contributed by atoms with Gasteiger partial charge in [0.2, 0.25) is 0 Å². The maximum absolute atomic E-state index is 5.18. The Hall–Kier alpha value is -1.67. The number of hydrogen-bond acceptors (Lipinski definition) is 5. The van der Waals surface area contributed by atoms with E-state index in [4.69, 9.17) is 9.73 Å². The highest BCUT2D eigenvalue weighted by Crippen LogP contribution is 2.10. The molecule has 26 heavy (non-hydrogen) atoms. The first kappa shape index (κ1) is 20.6. The minimum atomic E-state index is 0.461. The molecule has 0 saturated carbocycles. The van der Waals surface area contributed by atoms with Crippen LogP contribution in [0.2, 0.25) is 0 Å². The highest BCUT2D eigenvalue weighted by atomic mass is 16.5. The summed E-state index contributed by atoms with van der Waals surface area (Å²) < 4.78 is 7.16. The molecule has 0 radical (unpaired) electrons. The Morgan fingerprint density at radius 2 is 2.08 bits per heavy atom. The molecule has 1 aliphatic rings. The molecular weight excluding hydrogens is 330 g/mol. The van der Waals surface area contributed by atoms with E-state index < -0.39 is 0 Å². The minimum Gasteiger partial charge on any atom is -0.383 e. The van der Waals surface area contributed by atoms with E-state index in [9.17, 15) is 0 Å². The molecule has 0 aliphatic carbocycles. The van der Waals surface area contributed by atoms with Crippen LogP contribution in [-0.2, 0) is 18.3 Å². The van der Waals surface area contributed by atoms with Crippen LogP contribution in [0.4, 0.5) is 0 Å². The summed E-state index contributed by atoms with van der Waals surface area (Å²) in [6, 6.07) is 0.461. The van der Waals surface area contributed by atoms with Crippen molar-refractivity contribution < 1.29 is 4.74 Å². The van der Waals surface area contributed by atoms with Crippen molar-refractivity contribution in [2.75, 3.05) is 39.9 Å². The van der Waals surface area contributed by atoms with Gasteiger partial charge in [0.25, 0.3) is 0 Å². The summed E-state index contributed by atoms with van der Waals surface area (Å²) in [4.78, 5) is 7.20. The summed E-state index contributed by atoms with van der Waals surface area (Å²) in [5.41, 5.74) is 0. The number of piperidine rings is 1. The van der Waals surface area contributed by atoms with E-state index in [-0.39, 0.29) is 0 Å². The SMILES string of the molecule is CCCCNC(=NCc1nnc(C)n1C)NC1CCN(CCOC)CC1. The van der Waals surface area contributed by atoms with Crippen LogP contribution >= 0.6 is 0 Å². The summed E-state index contributed by atoms with van der Waals surface area (Å²) in [7, 11) is 3.74. The molecule has 0 atom stereocenters. The van der Waals surface area contributed by atoms with Gasteiger partial charge in [0.15, 0.2) is 11.8 Å². The Morgan fingerprint density at radius 3 is 2.69 bits per heavy atom. The van der Waals surface area contributed by atoms with E-state index in [1.807, 2.05) is 18.5 Å². The van der Waals surface area contributed by atoms with Crippen LogP contribution in [0.25, 0.3) is 0 Å². The number of likely N-dealkylation sites (tertiary alicyclic amines) is 1. The number of nitrogens with zero attached hydrogens (tertiary/aromatic N) is 5. The lowest BCUT2D eigenvalue weighted by Gasteiger charge is -2.32. The van der Waals surface area contributed by atoms with Crippen LogP contribution in [0.1, 0.15) is 44.3 Å². The Balaban J connectivity index is 1.88. The van der Waals surface area contributed by atoms with Gasteiger partial charge in [0, 0.05) is 46.4 Å². The molecule has 0 unspecified atom stereocenters. The third kappa shape index (κ3) is 6.57. The van der Waals surface area contributed by atoms with Crippen molar-refractivity contribution in [2.45, 2.75) is 52.1 Å². The van der Waals surface area contributed by atoms with Crippen LogP contribution in [0.3, 0.4) is 0 Å². The summed E-state index contributed by atoms with van der Waals surface area (Å²) in [6.45, 7) is 9.65. The van der Waals surface area contributed by atoms with Gasteiger partial charge in [0.05, 0.1) is 6.61 Å². The van der Waals surface area contributed by atoms with Gasteiger partial charge in [-0.2, -0.15) is 0 Å². The predicted octanol–water partition coefficient (Wildman–Crippen LogP) is 1.07. The van der Waals surface area contributed by atoms with Gasteiger partial charge in [-0.15, -0.1) is 10.2 Å². The van der Waals surface area contributed by atoms with Crippen molar-refractivity contribution in [3.63, 3.8) is 0 Å². The normalized spacial score (nSPS) is 16.8. The number of unbranched alkanes of at least 4 members (excludes halogenated alkanes) is 1. The molecule has 1 aliphatic heterocycles. The van der Waals surface area contributed by atoms with Crippen LogP contribution in [0.15, 0.2) is 4.99 Å². The first-order valence-electron chi connectivity index (χ1n) is 9.75. The van der Waals surface area contributed by atoms with Gasteiger partial charge in [-0.1, -0.05) is 13.3 Å². The molecule has 2 heterocycles. The first-order chi connectivity index (χ1) is 12.6. The van der Waals surface area contributed by atoms with Crippen molar-refractivity contribution in [3.8, 4) is 0 Å². The van der Waals surface area contributed by atoms with Gasteiger partial charge in [-0.3, -0.25) is 0 Å². The quantitative estimate of drug-likeness (QED) is 0.387. The molecule has 0 aromatic carbocycles. The van der Waals surface area contributed by atoms with Crippen molar-refractivity contribution in [2.24, 2.45) is 12.0 Å². The monoisotopic (exact) mass is 365 g/mol. The van der Waals surface area contributed by atoms with Crippen molar-refractivity contribution in [3.05, 3.63) is 11.6 Å². The van der Waals surface area contributed by atoms with Gasteiger partial charge < -0.3 is 24.8 Å². The molecule has 148 valence electrons. The largest absolute Gasteiger partial charge is 0.383 e. The fraction of sp³-hybridized carbons (Fsp3) is 0.833. The van der Waals surface area contributed by atoms with E-state index >= 15 is 0 Å². The second-order valence-corrected chi connectivity index (χ2v) is 6.92. The molecule has 1 saturated heterocycles. The summed E-state index contributed by atoms with van der Waals surface area (Å²) in [6.07, 6.45) is 4.56. The van der Waals surface area contributed by atoms with Gasteiger partial charge >= 0.3 is 0 Å². The average Bonchev–Trinajstić information content (AvgIpc) is 2.97. The summed E-state index contributed by atoms with van der Waals surface area (Å²) in [5.74, 6) is 2.68. The number of nitrogens with one attached hydrogen (secondary N) is 2. The van der Waals surface area contributed by atoms with Crippen molar-refractivity contribution >= 4 is 5.96 Å². The standard InChI is InChI=1S/C18H35N7O/c1-5-6-9-19-18(20-14-17-23-22-15(2)24(17)3)21-16-7-10-25(11-8-16)12-13-26-4/h16H,5-14H2,1-4H3,(H2,19,20,21). The summed E-state index contributed by atoms with van der Waals surface area (Å²) >= 11 is 0. The zero-order valence-electron chi connectivity index (χ0n) is 16.8. The highest BCUT2D eigenvalue weighted by Gasteiger charge is 2.19. The number of aryl methyl sites for hydroxylation is 1. The smallest absolute Gasteiger partial charge is 0.191 e. The van der Waals surface area contributed by atoms with E-state index in [1.54, 1.807) is 7.11 Å². The van der Waals surface area contributed by atoms with Gasteiger partial charge in [-0.25, -0.2) is 4.99 Å². The zero-order chi connectivity index (χ0) is 18.8. The average molecular weight is 366 g/mol. The Bertz CT molecular complexity index is 550. The first-order valence-corrected chi connectivity index (χ1v) is 9.75. The number of hydrogen-bond donors (Lipinski definition) is 2. The van der Waals surface area contributed by atoms with E-state index in [0.717, 1.165) is 69.7 Å². The maximum atomic E-state index is 5.18. The third-order valence-corrected chi connectivity index (χ3v) is 4.92. The Labute approximate surface area is 157 Å². The molecule has 8 nitrogen and oxygen atoms in total. The predicted molar refractivity (Wildman–Crippen MR) is 104 cm³/mol. The second kappa shape index (κ2) is 11.1. The van der Waals surface area contributed by atoms with Crippen molar-refractivity contribution in [1.29, 1.82) is 0 Å². The lowest BCUT2D eigenvalue weighted by Crippen LogP contribution is -2.49. The molecule has 1 fully saturated rings. The fourth-order valence-corrected chi connectivity index (χ4v) is 2.99. The molecule has 8 heteroatoms. The van der Waals surface area contributed by atoms with Crippen molar-refractivity contribution in [1.82, 2.24) is 30.3 Å². The van der Waals surface area contributed by atoms with E-state index in [2.05, 4.69) is 32.7 Å². The number of aliphatic imine (C=N–C) groups is 1. The number of methoxy groups -OCH3 is 1. The molecular formula is C18H35N7O. The number of rotatable bonds is 9. The molecule has 1 aromatic heterocycles. The molecule has 1 aromatic rings. The fourth-order valence-electron chi connectivity index (χ4n) is 2.99. The molecule has 2 N–H and O–H groups in total. The lowest BCUT2D eigenvalue weighted by atomic mass is 10.1. The maximum Gasteiger partial charge on any atom is 0.191 e. The summed E-state index contributed by atoms with van der Waals surface area (Å²) in [5, 5.41) is 15.4. The van der Waals surface area contributed by atoms with Gasteiger partial charge in [0.1, 0.15) is 12.4 Å². The Morgan fingerprint density at radius 1 is 1.31 bits per heavy atom. The van der Waals surface area contributed by atoms with Crippen LogP contribution in [0.5, 0.6) is 0 Å². The lowest BCUT2D eigenvalue weighted by molar-refractivity contribution is 0.128. The zero-order valence-corrected chi connectivity index (χ0v) is 16.8. The highest BCUT2D eigenvalue weighted by molar-refractivity contribution is 5.80. The minimum absolute atomic E-state index is 0.461. The van der Waals surface area contributed by atoms with Crippen LogP contribution < -0.4 is 10.6 Å².